The van der Waals surface area contributed by atoms with E-state index in [9.17, 15) is 4.79 Å². The molecule has 0 spiro atoms. The highest BCUT2D eigenvalue weighted by atomic mass is 32.2. The molecule has 0 radical (unpaired) electrons. The fourth-order valence-corrected chi connectivity index (χ4v) is 2.90. The van der Waals surface area contributed by atoms with Crippen molar-refractivity contribution in [2.24, 2.45) is 0 Å². The smallest absolute Gasteiger partial charge is 0.241 e. The standard InChI is InChI=1S/C10H15N3OS/c1-7-6-8(13-12-7)11-9(14)10(2)4-3-5-15-10/h6H,3-5H2,1-2H3,(H2,11,12,13,14). The Labute approximate surface area is 93.2 Å². The van der Waals surface area contributed by atoms with Gasteiger partial charge in [-0.1, -0.05) is 0 Å². The lowest BCUT2D eigenvalue weighted by molar-refractivity contribution is -0.118. The minimum atomic E-state index is -0.271. The lowest BCUT2D eigenvalue weighted by Gasteiger charge is -2.20. The van der Waals surface area contributed by atoms with Gasteiger partial charge in [0.2, 0.25) is 5.91 Å². The molecule has 1 unspecified atom stereocenters. The van der Waals surface area contributed by atoms with Crippen molar-refractivity contribution in [1.82, 2.24) is 10.2 Å². The molecule has 5 heteroatoms. The second-order valence-corrected chi connectivity index (χ2v) is 5.67. The predicted octanol–water partition coefficient (Wildman–Crippen LogP) is 1.94. The monoisotopic (exact) mass is 225 g/mol. The summed E-state index contributed by atoms with van der Waals surface area (Å²) in [6.07, 6.45) is 2.07. The summed E-state index contributed by atoms with van der Waals surface area (Å²) in [5.74, 6) is 1.76. The fourth-order valence-electron chi connectivity index (χ4n) is 1.69. The molecule has 0 bridgehead atoms. The molecule has 4 nitrogen and oxygen atoms in total. The maximum Gasteiger partial charge on any atom is 0.241 e. The van der Waals surface area contributed by atoms with E-state index >= 15 is 0 Å². The van der Waals surface area contributed by atoms with Crippen LogP contribution in [0, 0.1) is 6.92 Å². The molecule has 1 saturated heterocycles. The van der Waals surface area contributed by atoms with Crippen LogP contribution in [0.25, 0.3) is 0 Å². The maximum atomic E-state index is 12.0. The molecular formula is C10H15N3OS. The van der Waals surface area contributed by atoms with Crippen LogP contribution in [-0.4, -0.2) is 26.6 Å². The number of thioether (sulfide) groups is 1. The van der Waals surface area contributed by atoms with Gasteiger partial charge >= 0.3 is 0 Å². The number of anilines is 1. The summed E-state index contributed by atoms with van der Waals surface area (Å²) < 4.78 is -0.271. The number of carbonyl (C=O) groups is 1. The molecule has 0 saturated carbocycles. The largest absolute Gasteiger partial charge is 0.308 e. The fraction of sp³-hybridized carbons (Fsp3) is 0.600. The van der Waals surface area contributed by atoms with Gasteiger partial charge < -0.3 is 5.32 Å². The van der Waals surface area contributed by atoms with Crippen molar-refractivity contribution in [3.05, 3.63) is 11.8 Å². The number of aryl methyl sites for hydroxylation is 1. The first-order valence-corrected chi connectivity index (χ1v) is 6.06. The predicted molar refractivity (Wildman–Crippen MR) is 62.1 cm³/mol. The van der Waals surface area contributed by atoms with Gasteiger partial charge in [-0.25, -0.2) is 0 Å². The highest BCUT2D eigenvalue weighted by Crippen LogP contribution is 2.38. The summed E-state index contributed by atoms with van der Waals surface area (Å²) in [4.78, 5) is 12.0. The Morgan fingerprint density at radius 1 is 1.73 bits per heavy atom. The van der Waals surface area contributed by atoms with Gasteiger partial charge in [0.1, 0.15) is 0 Å². The SMILES string of the molecule is Cc1cc(NC(=O)C2(C)CCCS2)n[nH]1. The van der Waals surface area contributed by atoms with Gasteiger partial charge in [0, 0.05) is 11.8 Å². The summed E-state index contributed by atoms with van der Waals surface area (Å²) in [6, 6.07) is 1.83. The topological polar surface area (TPSA) is 57.8 Å². The molecule has 1 amide bonds. The molecule has 1 aromatic heterocycles. The molecule has 1 aliphatic heterocycles. The number of hydrogen-bond donors (Lipinski definition) is 2. The Balaban J connectivity index is 2.03. The number of rotatable bonds is 2. The number of hydrogen-bond acceptors (Lipinski definition) is 3. The first-order valence-electron chi connectivity index (χ1n) is 5.08. The Bertz CT molecular complexity index is 368. The molecule has 82 valence electrons. The number of amides is 1. The highest BCUT2D eigenvalue weighted by molar-refractivity contribution is 8.01. The van der Waals surface area contributed by atoms with E-state index < -0.39 is 0 Å². The van der Waals surface area contributed by atoms with E-state index in [-0.39, 0.29) is 10.7 Å². The molecule has 15 heavy (non-hydrogen) atoms. The number of nitrogens with one attached hydrogen (secondary N) is 2. The van der Waals surface area contributed by atoms with Crippen molar-refractivity contribution in [1.29, 1.82) is 0 Å². The van der Waals surface area contributed by atoms with Gasteiger partial charge in [0.05, 0.1) is 4.75 Å². The third-order valence-corrected chi connectivity index (χ3v) is 4.17. The maximum absolute atomic E-state index is 12.0. The number of aromatic nitrogens is 2. The van der Waals surface area contributed by atoms with Crippen molar-refractivity contribution >= 4 is 23.5 Å². The lowest BCUT2D eigenvalue weighted by atomic mass is 10.1. The summed E-state index contributed by atoms with van der Waals surface area (Å²) in [5, 5.41) is 9.64. The zero-order valence-corrected chi connectivity index (χ0v) is 9.78. The average molecular weight is 225 g/mol. The highest BCUT2D eigenvalue weighted by Gasteiger charge is 2.37. The van der Waals surface area contributed by atoms with Crippen molar-refractivity contribution in [2.45, 2.75) is 31.4 Å². The lowest BCUT2D eigenvalue weighted by Crippen LogP contribution is -2.34. The third-order valence-electron chi connectivity index (χ3n) is 2.65. The second-order valence-electron chi connectivity index (χ2n) is 4.07. The molecule has 1 fully saturated rings. The van der Waals surface area contributed by atoms with Crippen LogP contribution >= 0.6 is 11.8 Å². The summed E-state index contributed by atoms with van der Waals surface area (Å²) in [6.45, 7) is 3.91. The molecule has 1 aromatic rings. The molecule has 1 atom stereocenters. The minimum Gasteiger partial charge on any atom is -0.308 e. The van der Waals surface area contributed by atoms with Gasteiger partial charge in [0.25, 0.3) is 0 Å². The molecule has 1 aliphatic rings. The van der Waals surface area contributed by atoms with E-state index in [0.717, 1.165) is 24.3 Å². The number of H-pyrrole nitrogens is 1. The molecule has 2 heterocycles. The van der Waals surface area contributed by atoms with Gasteiger partial charge in [-0.15, -0.1) is 11.8 Å². The molecule has 2 N–H and O–H groups in total. The molecule has 0 aliphatic carbocycles. The number of nitrogens with zero attached hydrogens (tertiary/aromatic N) is 1. The molecule has 2 rings (SSSR count). The van der Waals surface area contributed by atoms with E-state index in [0.29, 0.717) is 5.82 Å². The average Bonchev–Trinajstić information content (AvgIpc) is 2.76. The van der Waals surface area contributed by atoms with E-state index in [1.165, 1.54) is 0 Å². The summed E-state index contributed by atoms with van der Waals surface area (Å²) in [7, 11) is 0. The van der Waals surface area contributed by atoms with Crippen LogP contribution in [0.2, 0.25) is 0 Å². The van der Waals surface area contributed by atoms with Crippen LogP contribution in [0.3, 0.4) is 0 Å². The Morgan fingerprint density at radius 2 is 2.53 bits per heavy atom. The van der Waals surface area contributed by atoms with Crippen molar-refractivity contribution < 1.29 is 4.79 Å². The Hall–Kier alpha value is -0.970. The normalized spacial score (nSPS) is 25.5. The zero-order chi connectivity index (χ0) is 10.9. The van der Waals surface area contributed by atoms with Gasteiger partial charge in [0.15, 0.2) is 5.82 Å². The number of aromatic amines is 1. The zero-order valence-electron chi connectivity index (χ0n) is 8.96. The molecule has 0 aromatic carbocycles. The Morgan fingerprint density at radius 3 is 3.07 bits per heavy atom. The van der Waals surface area contributed by atoms with Crippen molar-refractivity contribution in [3.63, 3.8) is 0 Å². The van der Waals surface area contributed by atoms with Crippen LogP contribution < -0.4 is 5.32 Å². The van der Waals surface area contributed by atoms with E-state index in [1.807, 2.05) is 19.9 Å². The van der Waals surface area contributed by atoms with Gasteiger partial charge in [-0.2, -0.15) is 5.10 Å². The van der Waals surface area contributed by atoms with Gasteiger partial charge in [-0.3, -0.25) is 9.89 Å². The summed E-state index contributed by atoms with van der Waals surface area (Å²) >= 11 is 1.73. The van der Waals surface area contributed by atoms with Crippen LogP contribution in [-0.2, 0) is 4.79 Å². The van der Waals surface area contributed by atoms with Crippen molar-refractivity contribution in [2.75, 3.05) is 11.1 Å². The Kier molecular flexibility index (Phi) is 2.73. The second kappa shape index (κ2) is 3.89. The van der Waals surface area contributed by atoms with Gasteiger partial charge in [-0.05, 0) is 32.4 Å². The van der Waals surface area contributed by atoms with Crippen LogP contribution in [0.1, 0.15) is 25.5 Å². The minimum absolute atomic E-state index is 0.0662. The first-order chi connectivity index (χ1) is 7.10. The third kappa shape index (κ3) is 2.17. The van der Waals surface area contributed by atoms with Crippen LogP contribution in [0.5, 0.6) is 0 Å². The molecular weight excluding hydrogens is 210 g/mol. The van der Waals surface area contributed by atoms with E-state index in [2.05, 4.69) is 15.5 Å². The van der Waals surface area contributed by atoms with Crippen molar-refractivity contribution in [3.8, 4) is 0 Å². The van der Waals surface area contributed by atoms with Crippen LogP contribution in [0.15, 0.2) is 6.07 Å². The number of carbonyl (C=O) groups excluding carboxylic acids is 1. The summed E-state index contributed by atoms with van der Waals surface area (Å²) in [5.41, 5.74) is 0.953. The van der Waals surface area contributed by atoms with E-state index in [4.69, 9.17) is 0 Å². The quantitative estimate of drug-likeness (QED) is 0.808. The van der Waals surface area contributed by atoms with Crippen LogP contribution in [0.4, 0.5) is 5.82 Å². The first kappa shape index (κ1) is 10.5. The van der Waals surface area contributed by atoms with E-state index in [1.54, 1.807) is 11.8 Å².